The number of ether oxygens (including phenoxy) is 1. The van der Waals surface area contributed by atoms with Crippen LogP contribution in [0.25, 0.3) is 0 Å². The molecule has 1 amide bonds. The molecule has 3 aromatic rings. The van der Waals surface area contributed by atoms with Crippen LogP contribution in [0.2, 0.25) is 0 Å². The van der Waals surface area contributed by atoms with E-state index in [9.17, 15) is 4.79 Å². The lowest BCUT2D eigenvalue weighted by Crippen LogP contribution is -2.46. The SMILES string of the molecule is CCNC(=O)c1ccc(CSc2nc(C)cc(N3CCN(c4ccc(OC)cc4)CC3)n2)o1. The Bertz CT molecular complexity index is 1080. The van der Waals surface area contributed by atoms with Crippen molar-refractivity contribution in [3.63, 3.8) is 0 Å². The lowest BCUT2D eigenvalue weighted by molar-refractivity contribution is 0.0927. The largest absolute Gasteiger partial charge is 0.497 e. The zero-order chi connectivity index (χ0) is 23.2. The molecule has 9 heteroatoms. The van der Waals surface area contributed by atoms with Crippen LogP contribution in [0, 0.1) is 6.92 Å². The van der Waals surface area contributed by atoms with E-state index in [-0.39, 0.29) is 5.91 Å². The zero-order valence-corrected chi connectivity index (χ0v) is 20.0. The third-order valence-electron chi connectivity index (χ3n) is 5.43. The zero-order valence-electron chi connectivity index (χ0n) is 19.2. The molecule has 1 saturated heterocycles. The van der Waals surface area contributed by atoms with Crippen molar-refractivity contribution in [3.8, 4) is 5.75 Å². The fourth-order valence-electron chi connectivity index (χ4n) is 3.70. The van der Waals surface area contributed by atoms with Crippen molar-refractivity contribution in [2.45, 2.75) is 24.8 Å². The summed E-state index contributed by atoms with van der Waals surface area (Å²) in [6.45, 7) is 8.06. The summed E-state index contributed by atoms with van der Waals surface area (Å²) in [4.78, 5) is 25.9. The monoisotopic (exact) mass is 467 g/mol. The number of rotatable bonds is 8. The van der Waals surface area contributed by atoms with Gasteiger partial charge in [-0.05, 0) is 50.2 Å². The van der Waals surface area contributed by atoms with E-state index in [0.717, 1.165) is 49.2 Å². The molecule has 0 radical (unpaired) electrons. The number of hydrogen-bond acceptors (Lipinski definition) is 8. The van der Waals surface area contributed by atoms with Gasteiger partial charge in [0.15, 0.2) is 10.9 Å². The maximum Gasteiger partial charge on any atom is 0.286 e. The van der Waals surface area contributed by atoms with E-state index in [1.165, 1.54) is 17.4 Å². The van der Waals surface area contributed by atoms with Gasteiger partial charge in [-0.2, -0.15) is 0 Å². The highest BCUT2D eigenvalue weighted by Gasteiger charge is 2.20. The van der Waals surface area contributed by atoms with Gasteiger partial charge in [-0.25, -0.2) is 9.97 Å². The van der Waals surface area contributed by atoms with E-state index in [1.54, 1.807) is 13.2 Å². The van der Waals surface area contributed by atoms with Crippen LogP contribution in [0.15, 0.2) is 52.0 Å². The summed E-state index contributed by atoms with van der Waals surface area (Å²) < 4.78 is 10.9. The molecule has 33 heavy (non-hydrogen) atoms. The molecule has 0 saturated carbocycles. The average molecular weight is 468 g/mol. The predicted molar refractivity (Wildman–Crippen MR) is 130 cm³/mol. The number of aryl methyl sites for hydroxylation is 1. The molecular formula is C24H29N5O3S. The van der Waals surface area contributed by atoms with Gasteiger partial charge in [-0.15, -0.1) is 0 Å². The first kappa shape index (κ1) is 23.0. The summed E-state index contributed by atoms with van der Waals surface area (Å²) in [6, 6.07) is 13.8. The Hall–Kier alpha value is -3.20. The van der Waals surface area contributed by atoms with Gasteiger partial charge in [0.2, 0.25) is 0 Å². The highest BCUT2D eigenvalue weighted by molar-refractivity contribution is 7.98. The molecule has 1 fully saturated rings. The number of amides is 1. The Labute approximate surface area is 198 Å². The molecule has 0 atom stereocenters. The second-order valence-corrected chi connectivity index (χ2v) is 8.68. The fourth-order valence-corrected chi connectivity index (χ4v) is 4.49. The summed E-state index contributed by atoms with van der Waals surface area (Å²) in [5.41, 5.74) is 2.14. The van der Waals surface area contributed by atoms with E-state index < -0.39 is 0 Å². The first-order valence-corrected chi connectivity index (χ1v) is 12.0. The molecule has 174 valence electrons. The minimum Gasteiger partial charge on any atom is -0.497 e. The third kappa shape index (κ3) is 5.78. The number of methoxy groups -OCH3 is 1. The van der Waals surface area contributed by atoms with Crippen molar-refractivity contribution < 1.29 is 13.9 Å². The summed E-state index contributed by atoms with van der Waals surface area (Å²) >= 11 is 1.51. The lowest BCUT2D eigenvalue weighted by Gasteiger charge is -2.36. The Balaban J connectivity index is 1.36. The van der Waals surface area contributed by atoms with Crippen LogP contribution in [0.1, 0.15) is 28.9 Å². The second kappa shape index (κ2) is 10.6. The molecule has 1 aliphatic rings. The number of nitrogens with zero attached hydrogens (tertiary/aromatic N) is 4. The number of anilines is 2. The van der Waals surface area contributed by atoms with Gasteiger partial charge >= 0.3 is 0 Å². The molecule has 1 aromatic carbocycles. The number of thioether (sulfide) groups is 1. The van der Waals surface area contributed by atoms with Crippen molar-refractivity contribution in [1.82, 2.24) is 15.3 Å². The third-order valence-corrected chi connectivity index (χ3v) is 6.30. The number of furan rings is 1. The molecule has 0 unspecified atom stereocenters. The van der Waals surface area contributed by atoms with Gasteiger partial charge in [0.1, 0.15) is 17.3 Å². The minimum absolute atomic E-state index is 0.198. The summed E-state index contributed by atoms with van der Waals surface area (Å²) in [5, 5.41) is 3.45. The minimum atomic E-state index is -0.198. The molecule has 8 nitrogen and oxygen atoms in total. The highest BCUT2D eigenvalue weighted by Crippen LogP contribution is 2.26. The van der Waals surface area contributed by atoms with E-state index in [4.69, 9.17) is 14.1 Å². The maximum absolute atomic E-state index is 11.9. The summed E-state index contributed by atoms with van der Waals surface area (Å²) in [7, 11) is 1.68. The quantitative estimate of drug-likeness (QED) is 0.396. The molecule has 0 bridgehead atoms. The Morgan fingerprint density at radius 1 is 1.09 bits per heavy atom. The molecule has 1 N–H and O–H groups in total. The number of hydrogen-bond donors (Lipinski definition) is 1. The van der Waals surface area contributed by atoms with Crippen LogP contribution in [0.5, 0.6) is 5.75 Å². The standard InChI is InChI=1S/C24H29N5O3S/c1-4-25-23(30)21-10-9-20(32-21)16-33-24-26-17(2)15-22(27-24)29-13-11-28(12-14-29)18-5-7-19(31-3)8-6-18/h5-10,15H,4,11-14,16H2,1-3H3,(H,25,30). The van der Waals surface area contributed by atoms with Crippen LogP contribution in [0.3, 0.4) is 0 Å². The Morgan fingerprint density at radius 2 is 1.82 bits per heavy atom. The van der Waals surface area contributed by atoms with Crippen LogP contribution < -0.4 is 19.9 Å². The van der Waals surface area contributed by atoms with Crippen molar-refractivity contribution >= 4 is 29.2 Å². The van der Waals surface area contributed by atoms with Crippen molar-refractivity contribution in [2.75, 3.05) is 49.6 Å². The number of piperazine rings is 1. The average Bonchev–Trinajstić information content (AvgIpc) is 3.32. The molecule has 3 heterocycles. The van der Waals surface area contributed by atoms with Crippen LogP contribution in [-0.2, 0) is 5.75 Å². The van der Waals surface area contributed by atoms with Crippen molar-refractivity contribution in [1.29, 1.82) is 0 Å². The fraction of sp³-hybridized carbons (Fsp3) is 0.375. The van der Waals surface area contributed by atoms with Gasteiger partial charge in [0, 0.05) is 50.2 Å². The predicted octanol–water partition coefficient (Wildman–Crippen LogP) is 3.76. The molecule has 0 aliphatic carbocycles. The molecular weight excluding hydrogens is 438 g/mol. The number of benzene rings is 1. The van der Waals surface area contributed by atoms with Gasteiger partial charge in [0.25, 0.3) is 5.91 Å². The Morgan fingerprint density at radius 3 is 2.52 bits per heavy atom. The maximum atomic E-state index is 11.9. The van der Waals surface area contributed by atoms with Gasteiger partial charge in [0.05, 0.1) is 12.9 Å². The van der Waals surface area contributed by atoms with Crippen molar-refractivity contribution in [2.24, 2.45) is 0 Å². The van der Waals surface area contributed by atoms with Gasteiger partial charge in [-0.1, -0.05) is 11.8 Å². The van der Waals surface area contributed by atoms with Crippen LogP contribution in [-0.4, -0.2) is 55.7 Å². The van der Waals surface area contributed by atoms with Crippen LogP contribution >= 0.6 is 11.8 Å². The number of nitrogens with one attached hydrogen (secondary N) is 1. The van der Waals surface area contributed by atoms with E-state index in [0.29, 0.717) is 23.2 Å². The summed E-state index contributed by atoms with van der Waals surface area (Å²) in [5.74, 6) is 3.23. The lowest BCUT2D eigenvalue weighted by atomic mass is 10.2. The Kier molecular flexibility index (Phi) is 7.39. The molecule has 2 aromatic heterocycles. The highest BCUT2D eigenvalue weighted by atomic mass is 32.2. The number of carbonyl (C=O) groups excluding carboxylic acids is 1. The molecule has 4 rings (SSSR count). The normalized spacial score (nSPS) is 13.8. The summed E-state index contributed by atoms with van der Waals surface area (Å²) in [6.07, 6.45) is 0. The molecule has 0 spiro atoms. The van der Waals surface area contributed by atoms with E-state index >= 15 is 0 Å². The van der Waals surface area contributed by atoms with Crippen molar-refractivity contribution in [3.05, 3.63) is 59.7 Å². The van der Waals surface area contributed by atoms with E-state index in [2.05, 4.69) is 32.2 Å². The number of carbonyl (C=O) groups is 1. The smallest absolute Gasteiger partial charge is 0.286 e. The van der Waals surface area contributed by atoms with Gasteiger partial charge < -0.3 is 24.3 Å². The second-order valence-electron chi connectivity index (χ2n) is 7.74. The number of aromatic nitrogens is 2. The first-order chi connectivity index (χ1) is 16.1. The molecule has 1 aliphatic heterocycles. The van der Waals surface area contributed by atoms with Gasteiger partial charge in [-0.3, -0.25) is 4.79 Å². The van der Waals surface area contributed by atoms with E-state index in [1.807, 2.05) is 38.1 Å². The first-order valence-electron chi connectivity index (χ1n) is 11.0. The topological polar surface area (TPSA) is 83.7 Å². The van der Waals surface area contributed by atoms with Crippen LogP contribution in [0.4, 0.5) is 11.5 Å².